The molecule has 0 unspecified atom stereocenters. The summed E-state index contributed by atoms with van der Waals surface area (Å²) in [6.07, 6.45) is 3.44. The number of anilines is 1. The van der Waals surface area contributed by atoms with E-state index in [1.165, 1.54) is 60.5 Å². The smallest absolute Gasteiger partial charge is 0.0946 e. The van der Waals surface area contributed by atoms with Gasteiger partial charge in [0, 0.05) is 22.8 Å². The van der Waals surface area contributed by atoms with Gasteiger partial charge in [0.05, 0.1) is 11.4 Å². The van der Waals surface area contributed by atoms with Crippen LogP contribution in [0.3, 0.4) is 0 Å². The van der Waals surface area contributed by atoms with E-state index in [-0.39, 0.29) is 5.41 Å². The van der Waals surface area contributed by atoms with Crippen LogP contribution >= 0.6 is 0 Å². The van der Waals surface area contributed by atoms with Gasteiger partial charge in [-0.05, 0) is 72.1 Å². The molecule has 2 heteroatoms. The summed E-state index contributed by atoms with van der Waals surface area (Å²) >= 11 is 0. The topological polar surface area (TPSA) is 38.4 Å². The van der Waals surface area contributed by atoms with Gasteiger partial charge in [-0.15, -0.1) is 0 Å². The van der Waals surface area contributed by atoms with Crippen LogP contribution in [-0.4, -0.2) is 6.21 Å². The molecular formula is C44H34N2. The number of hydrogen-bond donors (Lipinski definition) is 1. The molecule has 7 aromatic rings. The fraction of sp³-hybridized carbons (Fsp3) is 0.0682. The molecule has 1 aliphatic carbocycles. The molecule has 8 rings (SSSR count). The number of hydrogen-bond acceptors (Lipinski definition) is 2. The summed E-state index contributed by atoms with van der Waals surface area (Å²) < 4.78 is 0. The number of nitrogens with two attached hydrogens (primary N) is 1. The maximum atomic E-state index is 7.00. The summed E-state index contributed by atoms with van der Waals surface area (Å²) in [6, 6.07) is 48.1. The lowest BCUT2D eigenvalue weighted by Gasteiger charge is -2.23. The van der Waals surface area contributed by atoms with Crippen LogP contribution < -0.4 is 5.73 Å². The average molecular weight is 591 g/mol. The lowest BCUT2D eigenvalue weighted by molar-refractivity contribution is 0.661. The lowest BCUT2D eigenvalue weighted by Crippen LogP contribution is -2.15. The van der Waals surface area contributed by atoms with Crippen LogP contribution in [0.4, 0.5) is 11.4 Å². The molecule has 0 aliphatic heterocycles. The van der Waals surface area contributed by atoms with Gasteiger partial charge in [-0.1, -0.05) is 154 Å². The number of allylic oxidation sites excluding steroid dienone is 1. The quantitative estimate of drug-likeness (QED) is 0.121. The third kappa shape index (κ3) is 4.14. The Morgan fingerprint density at radius 1 is 0.543 bits per heavy atom. The van der Waals surface area contributed by atoms with Gasteiger partial charge in [-0.3, -0.25) is 4.99 Å². The van der Waals surface area contributed by atoms with Crippen molar-refractivity contribution in [1.82, 2.24) is 0 Å². The molecule has 0 aromatic heterocycles. The van der Waals surface area contributed by atoms with Crippen molar-refractivity contribution < 1.29 is 0 Å². The van der Waals surface area contributed by atoms with Crippen LogP contribution in [0.25, 0.3) is 66.1 Å². The molecule has 0 bridgehead atoms. The molecule has 0 heterocycles. The molecule has 1 aliphatic rings. The average Bonchev–Trinajstić information content (AvgIpc) is 3.32. The van der Waals surface area contributed by atoms with Crippen LogP contribution in [-0.2, 0) is 5.41 Å². The largest absolute Gasteiger partial charge is 0.396 e. The van der Waals surface area contributed by atoms with Crippen molar-refractivity contribution in [2.24, 2.45) is 4.99 Å². The third-order valence-corrected chi connectivity index (χ3v) is 9.67. The van der Waals surface area contributed by atoms with E-state index in [0.29, 0.717) is 5.69 Å². The van der Waals surface area contributed by atoms with Crippen molar-refractivity contribution in [2.75, 3.05) is 5.73 Å². The molecular weight excluding hydrogens is 556 g/mol. The van der Waals surface area contributed by atoms with Gasteiger partial charge >= 0.3 is 0 Å². The van der Waals surface area contributed by atoms with E-state index < -0.39 is 0 Å². The third-order valence-electron chi connectivity index (χ3n) is 9.67. The zero-order valence-electron chi connectivity index (χ0n) is 26.1. The summed E-state index contributed by atoms with van der Waals surface area (Å²) in [7, 11) is 0. The normalized spacial score (nSPS) is 13.3. The Kier molecular flexibility index (Phi) is 6.47. The van der Waals surface area contributed by atoms with E-state index in [4.69, 9.17) is 10.7 Å². The molecule has 2 nitrogen and oxygen atoms in total. The fourth-order valence-corrected chi connectivity index (χ4v) is 7.51. The van der Waals surface area contributed by atoms with Crippen LogP contribution in [0.1, 0.15) is 25.0 Å². The number of aliphatic imine (C=N–C) groups is 1. The Morgan fingerprint density at radius 3 is 1.63 bits per heavy atom. The van der Waals surface area contributed by atoms with Gasteiger partial charge in [0.15, 0.2) is 0 Å². The minimum Gasteiger partial charge on any atom is -0.396 e. The second-order valence-corrected chi connectivity index (χ2v) is 12.6. The summed E-state index contributed by atoms with van der Waals surface area (Å²) in [5.41, 5.74) is 20.1. The first-order valence-corrected chi connectivity index (χ1v) is 15.8. The van der Waals surface area contributed by atoms with Crippen molar-refractivity contribution in [3.8, 4) is 44.5 Å². The monoisotopic (exact) mass is 590 g/mol. The molecule has 0 saturated carbocycles. The number of rotatable bonds is 5. The van der Waals surface area contributed by atoms with Gasteiger partial charge in [0.1, 0.15) is 0 Å². The SMILES string of the molecule is C=CC=Nc1c(N)c(-c2ccc(-c3c4ccccc4c(-c4ccccc4)c4ccccc34)cc2)cc2c1-c1ccccc1C2(C)C. The second-order valence-electron chi connectivity index (χ2n) is 12.6. The molecule has 220 valence electrons. The molecule has 7 aromatic carbocycles. The van der Waals surface area contributed by atoms with Crippen LogP contribution in [0.2, 0.25) is 0 Å². The van der Waals surface area contributed by atoms with Crippen molar-refractivity contribution in [1.29, 1.82) is 0 Å². The maximum absolute atomic E-state index is 7.00. The van der Waals surface area contributed by atoms with Gasteiger partial charge in [-0.25, -0.2) is 0 Å². The molecule has 2 N–H and O–H groups in total. The van der Waals surface area contributed by atoms with E-state index in [2.05, 4.69) is 154 Å². The van der Waals surface area contributed by atoms with Gasteiger partial charge in [0.25, 0.3) is 0 Å². The molecule has 0 fully saturated rings. The summed E-state index contributed by atoms with van der Waals surface area (Å²) in [5.74, 6) is 0. The highest BCUT2D eigenvalue weighted by molar-refractivity contribution is 6.21. The minimum atomic E-state index is -0.175. The van der Waals surface area contributed by atoms with Gasteiger partial charge < -0.3 is 5.73 Å². The van der Waals surface area contributed by atoms with E-state index in [1.807, 2.05) is 0 Å². The fourth-order valence-electron chi connectivity index (χ4n) is 7.51. The summed E-state index contributed by atoms with van der Waals surface area (Å²) in [6.45, 7) is 8.44. The minimum absolute atomic E-state index is 0.175. The Labute approximate surface area is 270 Å². The molecule has 0 saturated heterocycles. The van der Waals surface area contributed by atoms with E-state index in [0.717, 1.165) is 22.4 Å². The highest BCUT2D eigenvalue weighted by atomic mass is 14.8. The maximum Gasteiger partial charge on any atom is 0.0946 e. The zero-order valence-corrected chi connectivity index (χ0v) is 26.1. The number of nitrogen functional groups attached to an aromatic ring is 1. The van der Waals surface area contributed by atoms with Crippen molar-refractivity contribution in [2.45, 2.75) is 19.3 Å². The molecule has 0 amide bonds. The number of nitrogens with zero attached hydrogens (tertiary/aromatic N) is 1. The zero-order chi connectivity index (χ0) is 31.4. The van der Waals surface area contributed by atoms with Gasteiger partial charge in [-0.2, -0.15) is 0 Å². The first-order chi connectivity index (χ1) is 22.5. The predicted octanol–water partition coefficient (Wildman–Crippen LogP) is 11.8. The number of benzene rings is 7. The van der Waals surface area contributed by atoms with E-state index >= 15 is 0 Å². The van der Waals surface area contributed by atoms with E-state index in [9.17, 15) is 0 Å². The first kappa shape index (κ1) is 27.8. The van der Waals surface area contributed by atoms with Crippen molar-refractivity contribution >= 4 is 39.1 Å². The molecule has 0 spiro atoms. The van der Waals surface area contributed by atoms with Crippen molar-refractivity contribution in [3.05, 3.63) is 157 Å². The Bertz CT molecular complexity index is 2290. The highest BCUT2D eigenvalue weighted by Crippen LogP contribution is 2.56. The Morgan fingerprint density at radius 2 is 1.04 bits per heavy atom. The van der Waals surface area contributed by atoms with E-state index in [1.54, 1.807) is 12.3 Å². The molecule has 0 radical (unpaired) electrons. The molecule has 46 heavy (non-hydrogen) atoms. The van der Waals surface area contributed by atoms with Crippen LogP contribution in [0.5, 0.6) is 0 Å². The number of fused-ring (bicyclic) bond motifs is 5. The summed E-state index contributed by atoms with van der Waals surface area (Å²) in [4.78, 5) is 4.85. The lowest BCUT2D eigenvalue weighted by atomic mass is 9.81. The molecule has 0 atom stereocenters. The highest BCUT2D eigenvalue weighted by Gasteiger charge is 2.38. The van der Waals surface area contributed by atoms with Crippen LogP contribution in [0, 0.1) is 0 Å². The van der Waals surface area contributed by atoms with Gasteiger partial charge in [0.2, 0.25) is 0 Å². The van der Waals surface area contributed by atoms with Crippen LogP contribution in [0.15, 0.2) is 151 Å². The van der Waals surface area contributed by atoms with Crippen molar-refractivity contribution in [3.63, 3.8) is 0 Å². The standard InChI is InChI=1S/C44H34N2/c1-4-26-46-43-41-35-20-12-13-21-37(35)44(2,3)38(41)27-36(42(43)45)28-22-24-30(25-23-28)40-33-18-10-8-16-31(33)39(29-14-6-5-7-15-29)32-17-9-11-19-34(32)40/h4-27H,1,45H2,2-3H3. The first-order valence-electron chi connectivity index (χ1n) is 15.8. The summed E-state index contributed by atoms with van der Waals surface area (Å²) in [5, 5.41) is 4.98. The Balaban J connectivity index is 1.33. The second kappa shape index (κ2) is 10.7. The Hall–Kier alpha value is -5.73. The predicted molar refractivity (Wildman–Crippen MR) is 198 cm³/mol.